The van der Waals surface area contributed by atoms with Crippen molar-refractivity contribution in [3.63, 3.8) is 0 Å². The first-order chi connectivity index (χ1) is 5.24. The van der Waals surface area contributed by atoms with Crippen LogP contribution in [0.5, 0.6) is 0 Å². The van der Waals surface area contributed by atoms with Gasteiger partial charge in [0, 0.05) is 0 Å². The molecule has 0 heterocycles. The summed E-state index contributed by atoms with van der Waals surface area (Å²) in [6.07, 6.45) is 0.974. The summed E-state index contributed by atoms with van der Waals surface area (Å²) in [6, 6.07) is 7.25. The van der Waals surface area contributed by atoms with Crippen molar-refractivity contribution in [1.29, 1.82) is 0 Å². The Morgan fingerprint density at radius 3 is 2.09 bits per heavy atom. The van der Waals surface area contributed by atoms with Crippen LogP contribution in [0.4, 0.5) is 0 Å². The minimum absolute atomic E-state index is 0.544. The summed E-state index contributed by atoms with van der Waals surface area (Å²) in [4.78, 5) is 0. The minimum Gasteiger partial charge on any atom is -0.423 e. The second kappa shape index (κ2) is 3.60. The SMILES string of the molecule is BCc1ccc(B(O)O)cc1. The zero-order chi connectivity index (χ0) is 8.27. The van der Waals surface area contributed by atoms with E-state index >= 15 is 0 Å². The third-order valence-corrected chi connectivity index (χ3v) is 1.69. The number of hydrogen-bond acceptors (Lipinski definition) is 2. The molecule has 0 atom stereocenters. The molecule has 0 aliphatic rings. The summed E-state index contributed by atoms with van der Waals surface area (Å²) in [5.41, 5.74) is 1.75. The fourth-order valence-corrected chi connectivity index (χ4v) is 0.925. The van der Waals surface area contributed by atoms with Gasteiger partial charge in [0.25, 0.3) is 0 Å². The van der Waals surface area contributed by atoms with Crippen LogP contribution in [0, 0.1) is 0 Å². The van der Waals surface area contributed by atoms with Crippen molar-refractivity contribution in [2.45, 2.75) is 6.32 Å². The van der Waals surface area contributed by atoms with E-state index in [4.69, 9.17) is 10.0 Å². The Balaban J connectivity index is 2.83. The van der Waals surface area contributed by atoms with Gasteiger partial charge in [-0.25, -0.2) is 0 Å². The predicted molar refractivity (Wildman–Crippen MR) is 48.5 cm³/mol. The van der Waals surface area contributed by atoms with Gasteiger partial charge in [-0.05, 0) is 5.46 Å². The molecule has 0 aliphatic carbocycles. The first kappa shape index (κ1) is 8.37. The van der Waals surface area contributed by atoms with Crippen LogP contribution in [-0.4, -0.2) is 25.0 Å². The second-order valence-electron chi connectivity index (χ2n) is 2.47. The van der Waals surface area contributed by atoms with Crippen LogP contribution in [0.1, 0.15) is 5.56 Å². The van der Waals surface area contributed by atoms with Crippen molar-refractivity contribution in [3.8, 4) is 0 Å². The summed E-state index contributed by atoms with van der Waals surface area (Å²) in [5, 5.41) is 17.5. The first-order valence-electron chi connectivity index (χ1n) is 3.69. The molecule has 1 aromatic rings. The average molecular weight is 148 g/mol. The Kier molecular flexibility index (Phi) is 2.74. The van der Waals surface area contributed by atoms with Gasteiger partial charge in [0.2, 0.25) is 0 Å². The van der Waals surface area contributed by atoms with E-state index in [1.807, 2.05) is 12.1 Å². The highest BCUT2D eigenvalue weighted by Gasteiger charge is 2.08. The lowest BCUT2D eigenvalue weighted by atomic mass is 9.79. The Morgan fingerprint density at radius 1 is 1.18 bits per heavy atom. The normalized spacial score (nSPS) is 9.64. The van der Waals surface area contributed by atoms with Crippen LogP contribution in [0.2, 0.25) is 0 Å². The highest BCUT2D eigenvalue weighted by molar-refractivity contribution is 6.58. The minimum atomic E-state index is -1.35. The molecular weight excluding hydrogens is 138 g/mol. The van der Waals surface area contributed by atoms with E-state index in [-0.39, 0.29) is 0 Å². The zero-order valence-electron chi connectivity index (χ0n) is 6.49. The van der Waals surface area contributed by atoms with E-state index in [0.29, 0.717) is 5.46 Å². The first-order valence-corrected chi connectivity index (χ1v) is 3.69. The Hall–Kier alpha value is -0.730. The van der Waals surface area contributed by atoms with Crippen LogP contribution in [0.3, 0.4) is 0 Å². The molecule has 0 saturated heterocycles. The van der Waals surface area contributed by atoms with Gasteiger partial charge >= 0.3 is 7.12 Å². The van der Waals surface area contributed by atoms with Crippen molar-refractivity contribution < 1.29 is 10.0 Å². The fraction of sp³-hybridized carbons (Fsp3) is 0.143. The van der Waals surface area contributed by atoms with Gasteiger partial charge in [0.15, 0.2) is 0 Å². The maximum atomic E-state index is 8.74. The third kappa shape index (κ3) is 2.10. The Bertz CT molecular complexity index is 220. The van der Waals surface area contributed by atoms with Crippen molar-refractivity contribution in [1.82, 2.24) is 0 Å². The molecule has 1 aromatic carbocycles. The summed E-state index contributed by atoms with van der Waals surface area (Å²) >= 11 is 0. The van der Waals surface area contributed by atoms with Crippen molar-refractivity contribution in [2.24, 2.45) is 0 Å². The van der Waals surface area contributed by atoms with Crippen LogP contribution in [-0.2, 0) is 6.32 Å². The summed E-state index contributed by atoms with van der Waals surface area (Å²) in [7, 11) is 0.714. The molecular formula is C7H10B2O2. The highest BCUT2D eigenvalue weighted by atomic mass is 16.4. The van der Waals surface area contributed by atoms with E-state index < -0.39 is 7.12 Å². The lowest BCUT2D eigenvalue weighted by Gasteiger charge is -1.99. The standard InChI is InChI=1S/C7H10B2O2/c8-5-6-1-3-7(4-2-6)9(10)11/h1-4,10-11H,5,8H2. The molecule has 1 rings (SSSR count). The van der Waals surface area contributed by atoms with Gasteiger partial charge < -0.3 is 10.0 Å². The number of rotatable bonds is 2. The lowest BCUT2D eigenvalue weighted by molar-refractivity contribution is 0.426. The van der Waals surface area contributed by atoms with Gasteiger partial charge in [-0.2, -0.15) is 0 Å². The molecule has 0 aromatic heterocycles. The molecule has 2 N–H and O–H groups in total. The molecule has 0 bridgehead atoms. The van der Waals surface area contributed by atoms with Crippen LogP contribution in [0.15, 0.2) is 24.3 Å². The summed E-state index contributed by atoms with van der Waals surface area (Å²) < 4.78 is 0. The van der Waals surface area contributed by atoms with E-state index in [0.717, 1.165) is 6.32 Å². The number of hydrogen-bond donors (Lipinski definition) is 2. The summed E-state index contributed by atoms with van der Waals surface area (Å²) in [5.74, 6) is 0. The molecule has 0 amide bonds. The van der Waals surface area contributed by atoms with Crippen molar-refractivity contribution >= 4 is 20.4 Å². The molecule has 4 heteroatoms. The van der Waals surface area contributed by atoms with Gasteiger partial charge in [-0.3, -0.25) is 0 Å². The Morgan fingerprint density at radius 2 is 1.73 bits per heavy atom. The average Bonchev–Trinajstić information content (AvgIpc) is 2.05. The molecule has 0 radical (unpaired) electrons. The topological polar surface area (TPSA) is 40.5 Å². The molecule has 0 saturated carbocycles. The van der Waals surface area contributed by atoms with Gasteiger partial charge in [0.05, 0.1) is 0 Å². The van der Waals surface area contributed by atoms with Crippen LogP contribution in [0.25, 0.3) is 0 Å². The maximum Gasteiger partial charge on any atom is 0.488 e. The smallest absolute Gasteiger partial charge is 0.423 e. The van der Waals surface area contributed by atoms with Gasteiger partial charge in [-0.1, -0.05) is 36.1 Å². The van der Waals surface area contributed by atoms with E-state index in [9.17, 15) is 0 Å². The number of benzene rings is 1. The van der Waals surface area contributed by atoms with Crippen LogP contribution < -0.4 is 5.46 Å². The Labute approximate surface area is 67.4 Å². The zero-order valence-corrected chi connectivity index (χ0v) is 6.49. The molecule has 0 aliphatic heterocycles. The molecule has 0 unspecified atom stereocenters. The van der Waals surface area contributed by atoms with E-state index in [1.54, 1.807) is 12.1 Å². The van der Waals surface area contributed by atoms with Crippen molar-refractivity contribution in [3.05, 3.63) is 29.8 Å². The maximum absolute atomic E-state index is 8.74. The second-order valence-corrected chi connectivity index (χ2v) is 2.47. The van der Waals surface area contributed by atoms with Gasteiger partial charge in [-0.15, -0.1) is 0 Å². The fourth-order valence-electron chi connectivity index (χ4n) is 0.925. The quantitative estimate of drug-likeness (QED) is 0.501. The third-order valence-electron chi connectivity index (χ3n) is 1.69. The van der Waals surface area contributed by atoms with Gasteiger partial charge in [0.1, 0.15) is 7.85 Å². The highest BCUT2D eigenvalue weighted by Crippen LogP contribution is 1.95. The molecule has 0 fully saturated rings. The molecule has 0 spiro atoms. The molecule has 2 nitrogen and oxygen atoms in total. The lowest BCUT2D eigenvalue weighted by Crippen LogP contribution is -2.29. The monoisotopic (exact) mass is 148 g/mol. The van der Waals surface area contributed by atoms with Crippen molar-refractivity contribution in [2.75, 3.05) is 0 Å². The van der Waals surface area contributed by atoms with Crippen LogP contribution >= 0.6 is 0 Å². The molecule has 56 valence electrons. The molecule has 11 heavy (non-hydrogen) atoms. The summed E-state index contributed by atoms with van der Waals surface area (Å²) in [6.45, 7) is 0. The largest absolute Gasteiger partial charge is 0.488 e. The predicted octanol–water partition coefficient (Wildman–Crippen LogP) is -1.50. The van der Waals surface area contributed by atoms with E-state index in [1.165, 1.54) is 5.56 Å². The van der Waals surface area contributed by atoms with E-state index in [2.05, 4.69) is 7.85 Å².